The molecule has 0 amide bonds. The van der Waals surface area contributed by atoms with Crippen molar-refractivity contribution in [2.45, 2.75) is 0 Å². The quantitative estimate of drug-likeness (QED) is 0.123. The molecule has 2 aromatic heterocycles. The van der Waals surface area contributed by atoms with E-state index in [0.29, 0.717) is 5.84 Å². The van der Waals surface area contributed by atoms with E-state index < -0.39 is 0 Å². The first-order chi connectivity index (χ1) is 30.7. The van der Waals surface area contributed by atoms with Crippen LogP contribution in [0, 0.1) is 5.41 Å². The molecule has 1 N–H and O–H groups in total. The van der Waals surface area contributed by atoms with Gasteiger partial charge in [0.1, 0.15) is 0 Å². The van der Waals surface area contributed by atoms with Crippen molar-refractivity contribution in [3.8, 4) is 39.1 Å². The average molecular weight is 811 g/mol. The van der Waals surface area contributed by atoms with Crippen LogP contribution in [0.2, 0.25) is 0 Å². The number of benzene rings is 9. The van der Waals surface area contributed by atoms with Crippen molar-refractivity contribution in [2.75, 3.05) is 0 Å². The van der Waals surface area contributed by atoms with Crippen LogP contribution in [0.3, 0.4) is 0 Å². The molecule has 292 valence electrons. The lowest BCUT2D eigenvalue weighted by Gasteiger charge is -2.16. The fraction of sp³-hybridized carbons (Fsp3) is 0. The number of aromatic nitrogens is 1. The van der Waals surface area contributed by atoms with Gasteiger partial charge >= 0.3 is 0 Å². The molecule has 62 heavy (non-hydrogen) atoms. The summed E-state index contributed by atoms with van der Waals surface area (Å²) in [5.74, 6) is 0.599. The van der Waals surface area contributed by atoms with Gasteiger partial charge < -0.3 is 4.57 Å². The normalized spacial score (nSPS) is 12.0. The van der Waals surface area contributed by atoms with Crippen LogP contribution in [0.4, 0.5) is 0 Å². The molecule has 0 fully saturated rings. The fourth-order valence-electron chi connectivity index (χ4n) is 8.74. The molecule has 4 nitrogen and oxygen atoms in total. The van der Waals surface area contributed by atoms with Gasteiger partial charge in [0.05, 0.1) is 15.7 Å². The maximum atomic E-state index is 9.30. The molecule has 11 rings (SSSR count). The molecule has 9 aromatic carbocycles. The minimum atomic E-state index is 0.141. The van der Waals surface area contributed by atoms with Gasteiger partial charge in [0, 0.05) is 49.3 Å². The number of nitrogens with zero attached hydrogens (tertiary/aromatic N) is 3. The van der Waals surface area contributed by atoms with Crippen LogP contribution in [0.5, 0.6) is 0 Å². The zero-order valence-corrected chi connectivity index (χ0v) is 34.4. The van der Waals surface area contributed by atoms with E-state index in [1.54, 1.807) is 0 Å². The molecule has 2 heterocycles. The Hall–Kier alpha value is -7.99. The third-order valence-electron chi connectivity index (χ3n) is 11.6. The van der Waals surface area contributed by atoms with Gasteiger partial charge in [0.25, 0.3) is 0 Å². The van der Waals surface area contributed by atoms with Crippen molar-refractivity contribution >= 4 is 71.2 Å². The predicted molar refractivity (Wildman–Crippen MR) is 264 cm³/mol. The molecule has 0 saturated carbocycles. The van der Waals surface area contributed by atoms with Gasteiger partial charge in [-0.25, -0.2) is 9.98 Å². The second-order valence-corrected chi connectivity index (χ2v) is 16.4. The number of hydrogen-bond acceptors (Lipinski definition) is 2. The number of hydrogen-bond donors (Lipinski definition) is 1. The first-order valence-corrected chi connectivity index (χ1v) is 21.6. The highest BCUT2D eigenvalue weighted by Crippen LogP contribution is 2.47. The Morgan fingerprint density at radius 1 is 0.500 bits per heavy atom. The van der Waals surface area contributed by atoms with Crippen molar-refractivity contribution in [3.05, 3.63) is 235 Å². The summed E-state index contributed by atoms with van der Waals surface area (Å²) in [7, 11) is 0. The van der Waals surface area contributed by atoms with Crippen molar-refractivity contribution < 1.29 is 0 Å². The zero-order valence-electron chi connectivity index (χ0n) is 33.6. The Morgan fingerprint density at radius 3 is 1.90 bits per heavy atom. The topological polar surface area (TPSA) is 53.5 Å². The molecule has 0 saturated heterocycles. The molecule has 11 aromatic rings. The van der Waals surface area contributed by atoms with E-state index >= 15 is 0 Å². The summed E-state index contributed by atoms with van der Waals surface area (Å²) in [4.78, 5) is 10.2. The maximum Gasteiger partial charge on any atom is 0.162 e. The molecular formula is C57H38N4S. The second-order valence-electron chi connectivity index (χ2n) is 15.3. The lowest BCUT2D eigenvalue weighted by molar-refractivity contribution is 1.19. The van der Waals surface area contributed by atoms with E-state index in [1.807, 2.05) is 78.2 Å². The molecule has 0 bridgehead atoms. The molecule has 0 unspecified atom stereocenters. The van der Waals surface area contributed by atoms with Crippen molar-refractivity contribution in [1.82, 2.24) is 4.57 Å². The van der Waals surface area contributed by atoms with Crippen molar-refractivity contribution in [3.63, 3.8) is 0 Å². The molecule has 0 aliphatic carbocycles. The third-order valence-corrected chi connectivity index (χ3v) is 12.8. The largest absolute Gasteiger partial charge is 0.308 e. The number of rotatable bonds is 7. The summed E-state index contributed by atoms with van der Waals surface area (Å²) in [5, 5.41) is 14.1. The van der Waals surface area contributed by atoms with Crippen LogP contribution in [0.25, 0.3) is 81.0 Å². The summed E-state index contributed by atoms with van der Waals surface area (Å²) in [5.41, 5.74) is 12.5. The van der Waals surface area contributed by atoms with Crippen LogP contribution < -0.4 is 0 Å². The maximum absolute atomic E-state index is 9.30. The third kappa shape index (κ3) is 6.62. The second kappa shape index (κ2) is 15.9. The number of amidine groups is 2. The Kier molecular flexibility index (Phi) is 9.49. The Balaban J connectivity index is 1.19. The van der Waals surface area contributed by atoms with Crippen LogP contribution in [0.15, 0.2) is 228 Å². The molecule has 0 spiro atoms. The van der Waals surface area contributed by atoms with Gasteiger partial charge in [-0.1, -0.05) is 188 Å². The first-order valence-electron chi connectivity index (χ1n) is 20.7. The molecule has 0 atom stereocenters. The summed E-state index contributed by atoms with van der Waals surface area (Å²) in [6.07, 6.45) is 1.85. The van der Waals surface area contributed by atoms with E-state index in [1.165, 1.54) is 42.0 Å². The van der Waals surface area contributed by atoms with Crippen LogP contribution >= 0.6 is 11.3 Å². The summed E-state index contributed by atoms with van der Waals surface area (Å²) < 4.78 is 4.86. The van der Waals surface area contributed by atoms with Gasteiger partial charge in [-0.2, -0.15) is 0 Å². The SMILES string of the molecule is N=C(N=C(N=Cc1ccccc1)c1cc(-c2ccccc2-c2ccccc2)ccc1-c1cccc2sc3c(ccc4c5ccccc5n(-c5ccccc5)c43)c12)c1ccccc1. The molecular weight excluding hydrogens is 773 g/mol. The van der Waals surface area contributed by atoms with Gasteiger partial charge in [0.15, 0.2) is 11.7 Å². The molecule has 0 radical (unpaired) electrons. The van der Waals surface area contributed by atoms with Crippen LogP contribution in [-0.2, 0) is 0 Å². The van der Waals surface area contributed by atoms with Gasteiger partial charge in [-0.15, -0.1) is 11.3 Å². The lowest BCUT2D eigenvalue weighted by Crippen LogP contribution is -2.07. The smallest absolute Gasteiger partial charge is 0.162 e. The Labute approximate surface area is 363 Å². The fourth-order valence-corrected chi connectivity index (χ4v) is 10.0. The van der Waals surface area contributed by atoms with Crippen molar-refractivity contribution in [1.29, 1.82) is 5.41 Å². The van der Waals surface area contributed by atoms with E-state index in [0.717, 1.165) is 55.8 Å². The monoisotopic (exact) mass is 810 g/mol. The number of nitrogens with one attached hydrogen (secondary N) is 1. The van der Waals surface area contributed by atoms with Crippen molar-refractivity contribution in [2.24, 2.45) is 9.98 Å². The Morgan fingerprint density at radius 2 is 1.13 bits per heavy atom. The Bertz CT molecular complexity index is 3510. The van der Waals surface area contributed by atoms with Crippen LogP contribution in [0.1, 0.15) is 16.7 Å². The van der Waals surface area contributed by atoms with Gasteiger partial charge in [0.2, 0.25) is 0 Å². The average Bonchev–Trinajstić information content (AvgIpc) is 3.90. The van der Waals surface area contributed by atoms with E-state index in [-0.39, 0.29) is 5.84 Å². The summed E-state index contributed by atoms with van der Waals surface area (Å²) >= 11 is 1.84. The lowest BCUT2D eigenvalue weighted by atomic mass is 9.89. The highest BCUT2D eigenvalue weighted by Gasteiger charge is 2.22. The zero-order chi connectivity index (χ0) is 41.4. The number of thiophene rings is 1. The van der Waals surface area contributed by atoms with E-state index in [4.69, 9.17) is 9.98 Å². The van der Waals surface area contributed by atoms with E-state index in [2.05, 4.69) is 162 Å². The van der Waals surface area contributed by atoms with Gasteiger partial charge in [-0.3, -0.25) is 5.41 Å². The summed E-state index contributed by atoms with van der Waals surface area (Å²) in [6.45, 7) is 0. The van der Waals surface area contributed by atoms with Gasteiger partial charge in [-0.05, 0) is 69.3 Å². The highest BCUT2D eigenvalue weighted by atomic mass is 32.1. The van der Waals surface area contributed by atoms with Crippen LogP contribution in [-0.4, -0.2) is 22.5 Å². The number of para-hydroxylation sites is 2. The number of fused-ring (bicyclic) bond motifs is 7. The minimum absolute atomic E-state index is 0.141. The predicted octanol–water partition coefficient (Wildman–Crippen LogP) is 15.0. The molecule has 5 heteroatoms. The summed E-state index contributed by atoms with van der Waals surface area (Å²) in [6, 6.07) is 76.1. The minimum Gasteiger partial charge on any atom is -0.308 e. The number of aliphatic imine (C=N–C) groups is 2. The highest BCUT2D eigenvalue weighted by molar-refractivity contribution is 7.26. The van der Waals surface area contributed by atoms with E-state index in [9.17, 15) is 5.41 Å². The molecule has 0 aliphatic heterocycles. The molecule has 0 aliphatic rings. The standard InChI is InChI=1S/C57H38N4S/c58-56(40-22-9-3-10-23-40)60-57(59-37-38-18-5-1-6-19-38)50-36-41(44-27-14-13-26-43(44)39-20-7-2-8-21-39)32-33-45(50)47-29-17-31-52-53(47)49-35-34-48-46-28-15-16-30-51(46)61(54(48)55(49)62-52)42-24-11-4-12-25-42/h1-37,58H. The first kappa shape index (κ1) is 37.0.